The van der Waals surface area contributed by atoms with Crippen LogP contribution in [0.15, 0.2) is 18.2 Å². The third-order valence-corrected chi connectivity index (χ3v) is 6.78. The van der Waals surface area contributed by atoms with Crippen molar-refractivity contribution in [3.8, 4) is 0 Å². The maximum absolute atomic E-state index is 13.0. The first-order valence-electron chi connectivity index (χ1n) is 11.2. The van der Waals surface area contributed by atoms with E-state index >= 15 is 0 Å². The number of nitrogens with zero attached hydrogens (tertiary/aromatic N) is 4. The number of benzene rings is 1. The number of piperazine rings is 1. The fraction of sp³-hybridized carbons (Fsp3) is 0.609. The van der Waals surface area contributed by atoms with Crippen LogP contribution in [0.2, 0.25) is 0 Å². The molecule has 1 unspecified atom stereocenters. The van der Waals surface area contributed by atoms with Gasteiger partial charge in [0.2, 0.25) is 11.8 Å². The molecule has 2 fully saturated rings. The molecule has 3 aliphatic heterocycles. The van der Waals surface area contributed by atoms with Gasteiger partial charge in [0, 0.05) is 64.0 Å². The lowest BCUT2D eigenvalue weighted by molar-refractivity contribution is -0.137. The Kier molecular flexibility index (Phi) is 6.09. The standard InChI is InChI=1S/C23H32N4O3/c1-17(22(29)25-9-4-3-5-10-25)24-12-14-26(15-13-24)23(30)20-6-7-21-19(16-20)8-11-27(21)18(2)28/h6-7,16-17H,3-5,8-15H2,1-2H3. The Morgan fingerprint density at radius 2 is 1.57 bits per heavy atom. The molecule has 0 bridgehead atoms. The van der Waals surface area contributed by atoms with Gasteiger partial charge < -0.3 is 14.7 Å². The highest BCUT2D eigenvalue weighted by molar-refractivity contribution is 5.98. The molecule has 1 atom stereocenters. The van der Waals surface area contributed by atoms with Crippen molar-refractivity contribution in [3.63, 3.8) is 0 Å². The number of carbonyl (C=O) groups is 3. The van der Waals surface area contributed by atoms with Crippen molar-refractivity contribution in [2.45, 2.75) is 45.6 Å². The molecule has 0 aromatic heterocycles. The summed E-state index contributed by atoms with van der Waals surface area (Å²) >= 11 is 0. The van der Waals surface area contributed by atoms with Crippen molar-refractivity contribution >= 4 is 23.4 Å². The third kappa shape index (κ3) is 4.08. The average molecular weight is 413 g/mol. The zero-order valence-corrected chi connectivity index (χ0v) is 18.1. The smallest absolute Gasteiger partial charge is 0.253 e. The first kappa shape index (κ1) is 20.8. The van der Waals surface area contributed by atoms with Crippen molar-refractivity contribution in [3.05, 3.63) is 29.3 Å². The minimum absolute atomic E-state index is 0.0359. The fourth-order valence-electron chi connectivity index (χ4n) is 4.89. The topological polar surface area (TPSA) is 64.2 Å². The second-order valence-electron chi connectivity index (χ2n) is 8.65. The molecule has 162 valence electrons. The van der Waals surface area contributed by atoms with E-state index in [4.69, 9.17) is 0 Å². The Bertz CT molecular complexity index is 826. The molecule has 7 nitrogen and oxygen atoms in total. The van der Waals surface area contributed by atoms with Crippen LogP contribution in [0.3, 0.4) is 0 Å². The van der Waals surface area contributed by atoms with Gasteiger partial charge in [-0.2, -0.15) is 0 Å². The van der Waals surface area contributed by atoms with E-state index in [-0.39, 0.29) is 23.8 Å². The Balaban J connectivity index is 1.34. The molecule has 30 heavy (non-hydrogen) atoms. The fourth-order valence-corrected chi connectivity index (χ4v) is 4.89. The maximum Gasteiger partial charge on any atom is 0.253 e. The molecule has 3 heterocycles. The van der Waals surface area contributed by atoms with Gasteiger partial charge in [0.1, 0.15) is 0 Å². The van der Waals surface area contributed by atoms with Gasteiger partial charge >= 0.3 is 0 Å². The van der Waals surface area contributed by atoms with Gasteiger partial charge in [0.15, 0.2) is 0 Å². The highest BCUT2D eigenvalue weighted by Gasteiger charge is 2.31. The number of anilines is 1. The van der Waals surface area contributed by atoms with Crippen LogP contribution >= 0.6 is 0 Å². The summed E-state index contributed by atoms with van der Waals surface area (Å²) in [5.74, 6) is 0.300. The molecule has 0 radical (unpaired) electrons. The number of rotatable bonds is 3. The molecule has 2 saturated heterocycles. The number of piperidine rings is 1. The zero-order chi connectivity index (χ0) is 21.3. The molecule has 3 aliphatic rings. The first-order valence-corrected chi connectivity index (χ1v) is 11.2. The van der Waals surface area contributed by atoms with Crippen molar-refractivity contribution < 1.29 is 14.4 Å². The number of hydrogen-bond donors (Lipinski definition) is 0. The van der Waals surface area contributed by atoms with Gasteiger partial charge in [-0.25, -0.2) is 0 Å². The van der Waals surface area contributed by atoms with Crippen LogP contribution in [0.5, 0.6) is 0 Å². The van der Waals surface area contributed by atoms with Crippen LogP contribution in [-0.4, -0.2) is 84.3 Å². The van der Waals surface area contributed by atoms with E-state index in [2.05, 4.69) is 4.90 Å². The van der Waals surface area contributed by atoms with E-state index in [1.165, 1.54) is 6.42 Å². The van der Waals surface area contributed by atoms with E-state index in [9.17, 15) is 14.4 Å². The van der Waals surface area contributed by atoms with Crippen LogP contribution in [0.4, 0.5) is 5.69 Å². The van der Waals surface area contributed by atoms with E-state index in [0.717, 1.165) is 56.7 Å². The maximum atomic E-state index is 13.0. The molecule has 0 aliphatic carbocycles. The third-order valence-electron chi connectivity index (χ3n) is 6.78. The lowest BCUT2D eigenvalue weighted by Gasteiger charge is -2.39. The summed E-state index contributed by atoms with van der Waals surface area (Å²) in [6.45, 7) is 8.71. The predicted octanol–water partition coefficient (Wildman–Crippen LogP) is 1.75. The quantitative estimate of drug-likeness (QED) is 0.759. The molecule has 0 N–H and O–H groups in total. The van der Waals surface area contributed by atoms with Gasteiger partial charge in [0.25, 0.3) is 5.91 Å². The first-order chi connectivity index (χ1) is 14.5. The van der Waals surface area contributed by atoms with E-state index in [1.807, 2.05) is 34.9 Å². The Labute approximate surface area is 178 Å². The van der Waals surface area contributed by atoms with Crippen LogP contribution in [0, 0.1) is 0 Å². The molecule has 0 saturated carbocycles. The second-order valence-corrected chi connectivity index (χ2v) is 8.65. The number of carbonyl (C=O) groups excluding carboxylic acids is 3. The molecule has 1 aromatic carbocycles. The SMILES string of the molecule is CC(=O)N1CCc2cc(C(=O)N3CCN(C(C)C(=O)N4CCCCC4)CC3)ccc21. The molecule has 4 rings (SSSR count). The summed E-state index contributed by atoms with van der Waals surface area (Å²) in [6.07, 6.45) is 4.21. The number of amides is 3. The number of fused-ring (bicyclic) bond motifs is 1. The van der Waals surface area contributed by atoms with Crippen molar-refractivity contribution in [1.82, 2.24) is 14.7 Å². The Morgan fingerprint density at radius 3 is 2.23 bits per heavy atom. The van der Waals surface area contributed by atoms with Crippen molar-refractivity contribution in [2.24, 2.45) is 0 Å². The zero-order valence-electron chi connectivity index (χ0n) is 18.1. The van der Waals surface area contributed by atoms with Crippen LogP contribution in [0.1, 0.15) is 49.0 Å². The van der Waals surface area contributed by atoms with E-state index in [1.54, 1.807) is 11.8 Å². The molecule has 1 aromatic rings. The molecular formula is C23H32N4O3. The highest BCUT2D eigenvalue weighted by atomic mass is 16.2. The molecular weight excluding hydrogens is 380 g/mol. The normalized spacial score (nSPS) is 20.8. The van der Waals surface area contributed by atoms with Gasteiger partial charge in [0.05, 0.1) is 6.04 Å². The van der Waals surface area contributed by atoms with Gasteiger partial charge in [-0.3, -0.25) is 19.3 Å². The summed E-state index contributed by atoms with van der Waals surface area (Å²) in [4.78, 5) is 45.4. The summed E-state index contributed by atoms with van der Waals surface area (Å²) in [5, 5.41) is 0. The molecule has 7 heteroatoms. The largest absolute Gasteiger partial charge is 0.341 e. The minimum atomic E-state index is -0.127. The number of likely N-dealkylation sites (tertiary alicyclic amines) is 1. The van der Waals surface area contributed by atoms with Gasteiger partial charge in [-0.05, 0) is 56.4 Å². The van der Waals surface area contributed by atoms with Crippen molar-refractivity contribution in [1.29, 1.82) is 0 Å². The minimum Gasteiger partial charge on any atom is -0.341 e. The Morgan fingerprint density at radius 1 is 0.867 bits per heavy atom. The molecule has 0 spiro atoms. The van der Waals surface area contributed by atoms with Gasteiger partial charge in [-0.1, -0.05) is 0 Å². The molecule has 3 amide bonds. The number of hydrogen-bond acceptors (Lipinski definition) is 4. The predicted molar refractivity (Wildman–Crippen MR) is 116 cm³/mol. The van der Waals surface area contributed by atoms with Crippen LogP contribution in [0.25, 0.3) is 0 Å². The highest BCUT2D eigenvalue weighted by Crippen LogP contribution is 2.29. The second kappa shape index (κ2) is 8.76. The summed E-state index contributed by atoms with van der Waals surface area (Å²) < 4.78 is 0. The van der Waals surface area contributed by atoms with E-state index in [0.29, 0.717) is 25.2 Å². The summed E-state index contributed by atoms with van der Waals surface area (Å²) in [5.41, 5.74) is 2.68. The monoisotopic (exact) mass is 412 g/mol. The lowest BCUT2D eigenvalue weighted by Crippen LogP contribution is -2.56. The van der Waals surface area contributed by atoms with Crippen LogP contribution < -0.4 is 4.90 Å². The van der Waals surface area contributed by atoms with Gasteiger partial charge in [-0.15, -0.1) is 0 Å². The lowest BCUT2D eigenvalue weighted by atomic mass is 10.1. The summed E-state index contributed by atoms with van der Waals surface area (Å²) in [7, 11) is 0. The van der Waals surface area contributed by atoms with E-state index < -0.39 is 0 Å². The average Bonchev–Trinajstić information content (AvgIpc) is 3.22. The Hall–Kier alpha value is -2.41. The van der Waals surface area contributed by atoms with Crippen molar-refractivity contribution in [2.75, 3.05) is 50.7 Å². The van der Waals surface area contributed by atoms with Crippen LogP contribution in [-0.2, 0) is 16.0 Å². The summed E-state index contributed by atoms with van der Waals surface area (Å²) in [6, 6.07) is 5.54.